The Morgan fingerprint density at radius 1 is 0.950 bits per heavy atom. The van der Waals surface area contributed by atoms with Crippen molar-refractivity contribution in [1.82, 2.24) is 4.98 Å². The smallest absolute Gasteiger partial charge is 0.361 e. The highest BCUT2D eigenvalue weighted by atomic mass is 19.4. The molecule has 5 heteroatoms. The highest BCUT2D eigenvalue weighted by Crippen LogP contribution is 2.38. The van der Waals surface area contributed by atoms with E-state index in [1.165, 1.54) is 24.3 Å². The third-order valence-corrected chi connectivity index (χ3v) is 3.16. The van der Waals surface area contributed by atoms with Crippen LogP contribution in [-0.4, -0.2) is 4.98 Å². The second-order valence-electron chi connectivity index (χ2n) is 4.44. The average molecular weight is 279 g/mol. The molecule has 0 amide bonds. The minimum atomic E-state index is -4.47. The second-order valence-corrected chi connectivity index (χ2v) is 4.44. The topological polar surface area (TPSA) is 15.8 Å². The summed E-state index contributed by atoms with van der Waals surface area (Å²) >= 11 is 0. The number of halogens is 4. The number of H-pyrrole nitrogens is 1. The van der Waals surface area contributed by atoms with E-state index in [1.54, 1.807) is 12.3 Å². The highest BCUT2D eigenvalue weighted by molar-refractivity contribution is 5.86. The van der Waals surface area contributed by atoms with Crippen LogP contribution in [0, 0.1) is 5.82 Å². The molecule has 1 aromatic heterocycles. The molecule has 1 nitrogen and oxygen atoms in total. The number of alkyl halides is 3. The third-order valence-electron chi connectivity index (χ3n) is 3.16. The molecule has 1 N–H and O–H groups in total. The normalized spacial score (nSPS) is 12.0. The van der Waals surface area contributed by atoms with Crippen molar-refractivity contribution in [3.8, 4) is 11.1 Å². The van der Waals surface area contributed by atoms with Gasteiger partial charge in [-0.1, -0.05) is 18.2 Å². The summed E-state index contributed by atoms with van der Waals surface area (Å²) < 4.78 is 52.9. The predicted molar refractivity (Wildman–Crippen MR) is 68.7 cm³/mol. The van der Waals surface area contributed by atoms with Crippen molar-refractivity contribution in [2.45, 2.75) is 6.18 Å². The summed E-state index contributed by atoms with van der Waals surface area (Å²) in [5.41, 5.74) is -0.136. The van der Waals surface area contributed by atoms with Gasteiger partial charge in [-0.3, -0.25) is 0 Å². The molecule has 0 fully saturated rings. The molecule has 1 heterocycles. The molecule has 3 aromatic rings. The molecule has 3 rings (SSSR count). The molecule has 0 radical (unpaired) electrons. The Kier molecular flexibility index (Phi) is 2.78. The average Bonchev–Trinajstić information content (AvgIpc) is 2.86. The molecule has 0 aliphatic carbocycles. The van der Waals surface area contributed by atoms with E-state index in [1.807, 2.05) is 0 Å². The van der Waals surface area contributed by atoms with Gasteiger partial charge in [0, 0.05) is 17.1 Å². The fourth-order valence-electron chi connectivity index (χ4n) is 2.26. The van der Waals surface area contributed by atoms with Crippen LogP contribution in [0.15, 0.2) is 48.7 Å². The van der Waals surface area contributed by atoms with Crippen LogP contribution in [0.1, 0.15) is 5.56 Å². The first-order valence-electron chi connectivity index (χ1n) is 5.90. The Bertz CT molecular complexity index is 771. The predicted octanol–water partition coefficient (Wildman–Crippen LogP) is 4.99. The Hall–Kier alpha value is -2.30. The SMILES string of the molecule is Fc1cc(-c2ccccc2C(F)(F)F)cc2[nH]ccc12. The second kappa shape index (κ2) is 4.37. The molecule has 0 spiro atoms. The first-order chi connectivity index (χ1) is 9.47. The number of rotatable bonds is 1. The number of aromatic nitrogens is 1. The largest absolute Gasteiger partial charge is 0.417 e. The highest BCUT2D eigenvalue weighted by Gasteiger charge is 2.33. The van der Waals surface area contributed by atoms with Crippen LogP contribution >= 0.6 is 0 Å². The van der Waals surface area contributed by atoms with Gasteiger partial charge in [-0.2, -0.15) is 13.2 Å². The molecule has 20 heavy (non-hydrogen) atoms. The van der Waals surface area contributed by atoms with Crippen molar-refractivity contribution in [1.29, 1.82) is 0 Å². The Morgan fingerprint density at radius 2 is 1.70 bits per heavy atom. The number of hydrogen-bond donors (Lipinski definition) is 1. The van der Waals surface area contributed by atoms with Gasteiger partial charge in [0.15, 0.2) is 0 Å². The van der Waals surface area contributed by atoms with Crippen LogP contribution in [-0.2, 0) is 6.18 Å². The zero-order chi connectivity index (χ0) is 14.3. The van der Waals surface area contributed by atoms with E-state index in [0.29, 0.717) is 10.9 Å². The quantitative estimate of drug-likeness (QED) is 0.604. The number of nitrogens with one attached hydrogen (secondary N) is 1. The van der Waals surface area contributed by atoms with Crippen molar-refractivity contribution < 1.29 is 17.6 Å². The molecular weight excluding hydrogens is 270 g/mol. The van der Waals surface area contributed by atoms with E-state index in [-0.39, 0.29) is 11.1 Å². The Morgan fingerprint density at radius 3 is 2.45 bits per heavy atom. The maximum Gasteiger partial charge on any atom is 0.417 e. The van der Waals surface area contributed by atoms with Gasteiger partial charge >= 0.3 is 6.18 Å². The van der Waals surface area contributed by atoms with Crippen molar-refractivity contribution in [3.05, 3.63) is 60.0 Å². The van der Waals surface area contributed by atoms with Gasteiger partial charge in [0.25, 0.3) is 0 Å². The molecule has 0 aliphatic rings. The first-order valence-corrected chi connectivity index (χ1v) is 5.90. The lowest BCUT2D eigenvalue weighted by atomic mass is 9.98. The molecule has 0 atom stereocenters. The van der Waals surface area contributed by atoms with E-state index in [9.17, 15) is 17.6 Å². The first kappa shape index (κ1) is 12.7. The zero-order valence-corrected chi connectivity index (χ0v) is 10.1. The van der Waals surface area contributed by atoms with Crippen LogP contribution in [0.2, 0.25) is 0 Å². The van der Waals surface area contributed by atoms with Gasteiger partial charge < -0.3 is 4.98 Å². The van der Waals surface area contributed by atoms with Crippen LogP contribution in [0.5, 0.6) is 0 Å². The molecule has 0 aliphatic heterocycles. The fraction of sp³-hybridized carbons (Fsp3) is 0.0667. The monoisotopic (exact) mass is 279 g/mol. The maximum atomic E-state index is 13.9. The molecule has 0 unspecified atom stereocenters. The molecule has 0 bridgehead atoms. The van der Waals surface area contributed by atoms with E-state index in [4.69, 9.17) is 0 Å². The molecule has 0 saturated carbocycles. The van der Waals surface area contributed by atoms with Gasteiger partial charge in [-0.15, -0.1) is 0 Å². The van der Waals surface area contributed by atoms with Gasteiger partial charge in [0.1, 0.15) is 5.82 Å². The standard InChI is InChI=1S/C15H9F4N/c16-13-7-9(8-14-11(13)5-6-20-14)10-3-1-2-4-12(10)15(17,18)19/h1-8,20H. The summed E-state index contributed by atoms with van der Waals surface area (Å²) in [6.07, 6.45) is -2.93. The van der Waals surface area contributed by atoms with Crippen LogP contribution in [0.4, 0.5) is 17.6 Å². The number of aromatic amines is 1. The van der Waals surface area contributed by atoms with Gasteiger partial charge in [0.05, 0.1) is 5.56 Å². The lowest BCUT2D eigenvalue weighted by Gasteiger charge is -2.13. The summed E-state index contributed by atoms with van der Waals surface area (Å²) in [5.74, 6) is -0.546. The maximum absolute atomic E-state index is 13.9. The van der Waals surface area contributed by atoms with Crippen LogP contribution in [0.25, 0.3) is 22.0 Å². The van der Waals surface area contributed by atoms with E-state index >= 15 is 0 Å². The number of benzene rings is 2. The number of hydrogen-bond acceptors (Lipinski definition) is 0. The van der Waals surface area contributed by atoms with E-state index < -0.39 is 17.6 Å². The molecule has 0 saturated heterocycles. The Labute approximate surface area is 111 Å². The number of fused-ring (bicyclic) bond motifs is 1. The van der Waals surface area contributed by atoms with Crippen molar-refractivity contribution >= 4 is 10.9 Å². The minimum absolute atomic E-state index is 0.0320. The molecular formula is C15H9F4N. The zero-order valence-electron chi connectivity index (χ0n) is 10.1. The molecule has 102 valence electrons. The summed E-state index contributed by atoms with van der Waals surface area (Å²) in [7, 11) is 0. The van der Waals surface area contributed by atoms with Crippen molar-refractivity contribution in [3.63, 3.8) is 0 Å². The summed E-state index contributed by atoms with van der Waals surface area (Å²) in [4.78, 5) is 2.81. The van der Waals surface area contributed by atoms with Gasteiger partial charge in [0.2, 0.25) is 0 Å². The van der Waals surface area contributed by atoms with E-state index in [0.717, 1.165) is 12.1 Å². The lowest BCUT2D eigenvalue weighted by Crippen LogP contribution is -2.06. The third kappa shape index (κ3) is 2.05. The van der Waals surface area contributed by atoms with Gasteiger partial charge in [-0.05, 0) is 35.4 Å². The molecule has 2 aromatic carbocycles. The summed E-state index contributed by atoms with van der Waals surface area (Å²) in [6.45, 7) is 0. The summed E-state index contributed by atoms with van der Waals surface area (Å²) in [5, 5.41) is 0.359. The van der Waals surface area contributed by atoms with Gasteiger partial charge in [-0.25, -0.2) is 4.39 Å². The minimum Gasteiger partial charge on any atom is -0.361 e. The lowest BCUT2D eigenvalue weighted by molar-refractivity contribution is -0.137. The Balaban J connectivity index is 2.26. The van der Waals surface area contributed by atoms with Crippen molar-refractivity contribution in [2.75, 3.05) is 0 Å². The van der Waals surface area contributed by atoms with Crippen LogP contribution in [0.3, 0.4) is 0 Å². The van der Waals surface area contributed by atoms with Crippen LogP contribution < -0.4 is 0 Å². The van der Waals surface area contributed by atoms with E-state index in [2.05, 4.69) is 4.98 Å². The fourth-order valence-corrected chi connectivity index (χ4v) is 2.26. The summed E-state index contributed by atoms with van der Waals surface area (Å²) in [6, 6.07) is 9.34. The van der Waals surface area contributed by atoms with Crippen molar-refractivity contribution in [2.24, 2.45) is 0 Å².